The highest BCUT2D eigenvalue weighted by Crippen LogP contribution is 2.13. The summed E-state index contributed by atoms with van der Waals surface area (Å²) in [6.45, 7) is 3.90. The first-order valence-electron chi connectivity index (χ1n) is 5.24. The Morgan fingerprint density at radius 2 is 2.12 bits per heavy atom. The van der Waals surface area contributed by atoms with Gasteiger partial charge in [0, 0.05) is 0 Å². The van der Waals surface area contributed by atoms with Crippen molar-refractivity contribution in [3.05, 3.63) is 42.5 Å². The lowest BCUT2D eigenvalue weighted by Gasteiger charge is -2.11. The third kappa shape index (κ3) is 4.70. The van der Waals surface area contributed by atoms with Crippen LogP contribution in [0.3, 0.4) is 0 Å². The molecule has 4 heteroatoms. The molecule has 0 amide bonds. The zero-order valence-electron chi connectivity index (χ0n) is 9.76. The van der Waals surface area contributed by atoms with Crippen LogP contribution < -0.4 is 4.74 Å². The Balaban J connectivity index is 2.47. The molecule has 0 spiro atoms. The topological polar surface area (TPSA) is 55.8 Å². The van der Waals surface area contributed by atoms with E-state index in [0.29, 0.717) is 6.61 Å². The van der Waals surface area contributed by atoms with Crippen molar-refractivity contribution in [2.75, 3.05) is 7.11 Å². The lowest BCUT2D eigenvalue weighted by Crippen LogP contribution is -2.14. The summed E-state index contributed by atoms with van der Waals surface area (Å²) in [6, 6.07) is 7.41. The summed E-state index contributed by atoms with van der Waals surface area (Å²) in [4.78, 5) is 10.5. The Morgan fingerprint density at radius 3 is 2.59 bits per heavy atom. The van der Waals surface area contributed by atoms with Gasteiger partial charge in [0.1, 0.15) is 5.75 Å². The summed E-state index contributed by atoms with van der Waals surface area (Å²) >= 11 is 0. The van der Waals surface area contributed by atoms with E-state index in [9.17, 15) is 4.79 Å². The fourth-order valence-corrected chi connectivity index (χ4v) is 1.31. The summed E-state index contributed by atoms with van der Waals surface area (Å²) < 4.78 is 10.5. The van der Waals surface area contributed by atoms with E-state index in [0.717, 1.165) is 11.3 Å². The Morgan fingerprint density at radius 1 is 1.47 bits per heavy atom. The number of carboxylic acid groups (broad SMARTS) is 1. The molecule has 0 aliphatic carbocycles. The minimum Gasteiger partial charge on any atom is -0.497 e. The summed E-state index contributed by atoms with van der Waals surface area (Å²) in [5, 5.41) is 8.64. The highest BCUT2D eigenvalue weighted by Gasteiger charge is 2.09. The fraction of sp³-hybridized carbons (Fsp3) is 0.308. The molecule has 0 saturated heterocycles. The first kappa shape index (κ1) is 13.3. The van der Waals surface area contributed by atoms with Crippen LogP contribution in [0.5, 0.6) is 5.75 Å². The minimum atomic E-state index is -0.898. The lowest BCUT2D eigenvalue weighted by atomic mass is 10.2. The van der Waals surface area contributed by atoms with Crippen LogP contribution in [0.1, 0.15) is 12.0 Å². The molecular weight excluding hydrogens is 220 g/mol. The second-order valence-corrected chi connectivity index (χ2v) is 3.53. The molecule has 0 saturated carbocycles. The van der Waals surface area contributed by atoms with Crippen LogP contribution in [0.2, 0.25) is 0 Å². The molecule has 0 fully saturated rings. The van der Waals surface area contributed by atoms with Gasteiger partial charge in [0.25, 0.3) is 0 Å². The minimum absolute atomic E-state index is 0.0698. The number of aliphatic carboxylic acids is 1. The van der Waals surface area contributed by atoms with E-state index in [-0.39, 0.29) is 6.42 Å². The molecule has 1 N–H and O–H groups in total. The SMILES string of the molecule is C=C[C@H](CC(=O)O)OCc1ccc(OC)cc1. The average Bonchev–Trinajstić information content (AvgIpc) is 2.34. The van der Waals surface area contributed by atoms with Gasteiger partial charge in [-0.05, 0) is 17.7 Å². The van der Waals surface area contributed by atoms with Gasteiger partial charge >= 0.3 is 5.97 Å². The number of carboxylic acids is 1. The van der Waals surface area contributed by atoms with Crippen LogP contribution in [-0.4, -0.2) is 24.3 Å². The van der Waals surface area contributed by atoms with E-state index in [1.54, 1.807) is 7.11 Å². The maximum Gasteiger partial charge on any atom is 0.306 e. The van der Waals surface area contributed by atoms with Crippen molar-refractivity contribution in [3.63, 3.8) is 0 Å². The van der Waals surface area contributed by atoms with Gasteiger partial charge in [-0.1, -0.05) is 18.2 Å². The standard InChI is InChI=1S/C13H16O4/c1-3-11(8-13(14)15)17-9-10-4-6-12(16-2)7-5-10/h3-7,11H,1,8-9H2,2H3,(H,14,15)/t11-/m1/s1. The van der Waals surface area contributed by atoms with Crippen molar-refractivity contribution in [2.24, 2.45) is 0 Å². The predicted octanol–water partition coefficient (Wildman–Crippen LogP) is 2.24. The van der Waals surface area contributed by atoms with Gasteiger partial charge < -0.3 is 14.6 Å². The van der Waals surface area contributed by atoms with E-state index >= 15 is 0 Å². The number of hydrogen-bond acceptors (Lipinski definition) is 3. The second-order valence-electron chi connectivity index (χ2n) is 3.53. The molecule has 0 heterocycles. The molecule has 0 aliphatic rings. The van der Waals surface area contributed by atoms with Gasteiger partial charge in [0.05, 0.1) is 26.2 Å². The zero-order valence-corrected chi connectivity index (χ0v) is 9.76. The Kier molecular flexibility index (Phi) is 5.23. The van der Waals surface area contributed by atoms with Crippen LogP contribution in [0, 0.1) is 0 Å². The van der Waals surface area contributed by atoms with E-state index in [2.05, 4.69) is 6.58 Å². The van der Waals surface area contributed by atoms with Crippen LogP contribution in [0.25, 0.3) is 0 Å². The summed E-state index contributed by atoms with van der Waals surface area (Å²) in [5.41, 5.74) is 0.961. The molecule has 0 radical (unpaired) electrons. The van der Waals surface area contributed by atoms with Gasteiger partial charge in [-0.15, -0.1) is 6.58 Å². The Bertz CT molecular complexity index is 370. The molecule has 0 unspecified atom stereocenters. The van der Waals surface area contributed by atoms with Crippen LogP contribution >= 0.6 is 0 Å². The average molecular weight is 236 g/mol. The highest BCUT2D eigenvalue weighted by atomic mass is 16.5. The molecule has 1 aromatic rings. The monoisotopic (exact) mass is 236 g/mol. The van der Waals surface area contributed by atoms with Gasteiger partial charge in [-0.2, -0.15) is 0 Å². The van der Waals surface area contributed by atoms with E-state index in [4.69, 9.17) is 14.6 Å². The Labute approximate surface area is 100 Å². The molecule has 1 atom stereocenters. The van der Waals surface area contributed by atoms with Crippen LogP contribution in [0.4, 0.5) is 0 Å². The van der Waals surface area contributed by atoms with Crippen LogP contribution in [0.15, 0.2) is 36.9 Å². The van der Waals surface area contributed by atoms with Gasteiger partial charge in [0.2, 0.25) is 0 Å². The lowest BCUT2D eigenvalue weighted by molar-refractivity contribution is -0.139. The van der Waals surface area contributed by atoms with Crippen molar-refractivity contribution in [1.29, 1.82) is 0 Å². The number of carbonyl (C=O) groups is 1. The summed E-state index contributed by atoms with van der Waals surface area (Å²) in [6.07, 6.45) is 0.965. The van der Waals surface area contributed by atoms with Gasteiger partial charge in [0.15, 0.2) is 0 Å². The molecular formula is C13H16O4. The normalized spacial score (nSPS) is 11.8. The number of hydrogen-bond donors (Lipinski definition) is 1. The van der Waals surface area contributed by atoms with Gasteiger partial charge in [-0.3, -0.25) is 4.79 Å². The molecule has 0 bridgehead atoms. The van der Waals surface area contributed by atoms with Gasteiger partial charge in [-0.25, -0.2) is 0 Å². The maximum atomic E-state index is 10.5. The second kappa shape index (κ2) is 6.70. The van der Waals surface area contributed by atoms with Crippen molar-refractivity contribution in [1.82, 2.24) is 0 Å². The smallest absolute Gasteiger partial charge is 0.306 e. The fourth-order valence-electron chi connectivity index (χ4n) is 1.31. The first-order valence-corrected chi connectivity index (χ1v) is 5.24. The molecule has 0 aromatic heterocycles. The van der Waals surface area contributed by atoms with Crippen molar-refractivity contribution in [3.8, 4) is 5.75 Å². The largest absolute Gasteiger partial charge is 0.497 e. The highest BCUT2D eigenvalue weighted by molar-refractivity contribution is 5.67. The molecule has 92 valence electrons. The van der Waals surface area contributed by atoms with Crippen LogP contribution in [-0.2, 0) is 16.1 Å². The third-order valence-corrected chi connectivity index (χ3v) is 2.26. The maximum absolute atomic E-state index is 10.5. The first-order chi connectivity index (χ1) is 8.15. The molecule has 4 nitrogen and oxygen atoms in total. The number of methoxy groups -OCH3 is 1. The zero-order chi connectivity index (χ0) is 12.7. The van der Waals surface area contributed by atoms with Crippen molar-refractivity contribution < 1.29 is 19.4 Å². The predicted molar refractivity (Wildman–Crippen MR) is 64.0 cm³/mol. The van der Waals surface area contributed by atoms with E-state index in [1.807, 2.05) is 24.3 Å². The van der Waals surface area contributed by atoms with Crippen molar-refractivity contribution in [2.45, 2.75) is 19.1 Å². The Hall–Kier alpha value is -1.81. The summed E-state index contributed by atoms with van der Waals surface area (Å²) in [7, 11) is 1.60. The number of rotatable bonds is 7. The third-order valence-electron chi connectivity index (χ3n) is 2.26. The number of benzene rings is 1. The molecule has 1 rings (SSSR count). The summed E-state index contributed by atoms with van der Waals surface area (Å²) in [5.74, 6) is -0.121. The van der Waals surface area contributed by atoms with E-state index in [1.165, 1.54) is 6.08 Å². The molecule has 1 aromatic carbocycles. The van der Waals surface area contributed by atoms with E-state index < -0.39 is 12.1 Å². The molecule has 0 aliphatic heterocycles. The number of ether oxygens (including phenoxy) is 2. The molecule has 17 heavy (non-hydrogen) atoms. The van der Waals surface area contributed by atoms with Crippen molar-refractivity contribution >= 4 is 5.97 Å². The quantitative estimate of drug-likeness (QED) is 0.738.